The molecule has 3 N–H and O–H groups in total. The normalized spacial score (nSPS) is 15.2. The minimum atomic E-state index is -0.445. The quantitative estimate of drug-likeness (QED) is 0.760. The molecule has 3 nitrogen and oxygen atoms in total. The zero-order valence-electron chi connectivity index (χ0n) is 12.4. The third-order valence-electron chi connectivity index (χ3n) is 3.81. The number of nitrogens with one attached hydrogen (secondary N) is 1. The number of carbonyl (C=O) groups is 1. The van der Waals surface area contributed by atoms with E-state index in [0.717, 1.165) is 12.0 Å². The van der Waals surface area contributed by atoms with Gasteiger partial charge in [-0.15, -0.1) is 0 Å². The van der Waals surface area contributed by atoms with Crippen LogP contribution < -0.4 is 11.1 Å². The van der Waals surface area contributed by atoms with E-state index in [4.69, 9.17) is 18.0 Å². The van der Waals surface area contributed by atoms with Gasteiger partial charge in [-0.25, -0.2) is 0 Å². The Morgan fingerprint density at radius 2 is 1.90 bits per heavy atom. The van der Waals surface area contributed by atoms with Crippen LogP contribution in [0.4, 0.5) is 0 Å². The van der Waals surface area contributed by atoms with Crippen molar-refractivity contribution in [2.75, 3.05) is 0 Å². The van der Waals surface area contributed by atoms with Crippen LogP contribution in [-0.2, 0) is 11.2 Å². The van der Waals surface area contributed by atoms with Crippen LogP contribution in [0, 0.1) is 11.8 Å². The summed E-state index contributed by atoms with van der Waals surface area (Å²) in [5, 5.41) is 3.03. The van der Waals surface area contributed by atoms with E-state index in [2.05, 4.69) is 19.2 Å². The minimum absolute atomic E-state index is 0.0749. The predicted octanol–water partition coefficient (Wildman–Crippen LogP) is 2.68. The molecule has 0 aromatic heterocycles. The third kappa shape index (κ3) is 4.93. The van der Waals surface area contributed by atoms with Gasteiger partial charge in [-0.05, 0) is 24.8 Å². The highest BCUT2D eigenvalue weighted by Crippen LogP contribution is 2.12. The first kappa shape index (κ1) is 16.6. The van der Waals surface area contributed by atoms with Gasteiger partial charge in [0, 0.05) is 6.04 Å². The lowest BCUT2D eigenvalue weighted by Gasteiger charge is -2.23. The van der Waals surface area contributed by atoms with Crippen LogP contribution in [0.2, 0.25) is 0 Å². The van der Waals surface area contributed by atoms with Gasteiger partial charge in [-0.2, -0.15) is 0 Å². The summed E-state index contributed by atoms with van der Waals surface area (Å²) in [5.41, 5.74) is 6.81. The lowest BCUT2D eigenvalue weighted by Crippen LogP contribution is -2.44. The minimum Gasteiger partial charge on any atom is -0.393 e. The monoisotopic (exact) mass is 292 g/mol. The van der Waals surface area contributed by atoms with Gasteiger partial charge in [0.15, 0.2) is 0 Å². The maximum Gasteiger partial charge on any atom is 0.230 e. The molecular formula is C16H24N2OS. The second-order valence-corrected chi connectivity index (χ2v) is 5.80. The van der Waals surface area contributed by atoms with Gasteiger partial charge in [-0.1, -0.05) is 62.8 Å². The highest BCUT2D eigenvalue weighted by atomic mass is 32.1. The summed E-state index contributed by atoms with van der Waals surface area (Å²) >= 11 is 5.06. The predicted molar refractivity (Wildman–Crippen MR) is 87.5 cm³/mol. The first-order valence-corrected chi connectivity index (χ1v) is 7.50. The van der Waals surface area contributed by atoms with Gasteiger partial charge < -0.3 is 11.1 Å². The SMILES string of the molecule is CCC(C)C(C)NC(=O)C(Cc1ccccc1)C(N)=S. The van der Waals surface area contributed by atoms with Crippen LogP contribution >= 0.6 is 12.2 Å². The number of benzene rings is 1. The van der Waals surface area contributed by atoms with Gasteiger partial charge in [0.25, 0.3) is 0 Å². The zero-order chi connectivity index (χ0) is 15.1. The van der Waals surface area contributed by atoms with E-state index in [-0.39, 0.29) is 16.9 Å². The molecule has 1 aromatic carbocycles. The summed E-state index contributed by atoms with van der Waals surface area (Å²) in [6.07, 6.45) is 1.58. The van der Waals surface area contributed by atoms with Gasteiger partial charge in [0.2, 0.25) is 5.91 Å². The Labute approximate surface area is 126 Å². The van der Waals surface area contributed by atoms with E-state index in [9.17, 15) is 4.79 Å². The van der Waals surface area contributed by atoms with Crippen molar-refractivity contribution in [3.05, 3.63) is 35.9 Å². The molecule has 0 aliphatic rings. The average molecular weight is 292 g/mol. The number of amides is 1. The van der Waals surface area contributed by atoms with Crippen LogP contribution in [0.15, 0.2) is 30.3 Å². The average Bonchev–Trinajstić information content (AvgIpc) is 2.44. The van der Waals surface area contributed by atoms with Gasteiger partial charge in [-0.3, -0.25) is 4.79 Å². The number of hydrogen-bond donors (Lipinski definition) is 2. The molecule has 0 fully saturated rings. The van der Waals surface area contributed by atoms with E-state index in [0.29, 0.717) is 12.3 Å². The Morgan fingerprint density at radius 3 is 2.40 bits per heavy atom. The van der Waals surface area contributed by atoms with Crippen molar-refractivity contribution in [1.29, 1.82) is 0 Å². The Hall–Kier alpha value is -1.42. The smallest absolute Gasteiger partial charge is 0.230 e. The van der Waals surface area contributed by atoms with Crippen molar-refractivity contribution in [3.8, 4) is 0 Å². The highest BCUT2D eigenvalue weighted by Gasteiger charge is 2.24. The molecule has 0 heterocycles. The lowest BCUT2D eigenvalue weighted by molar-refractivity contribution is -0.123. The summed E-state index contributed by atoms with van der Waals surface area (Å²) < 4.78 is 0. The fourth-order valence-corrected chi connectivity index (χ4v) is 2.18. The van der Waals surface area contributed by atoms with E-state index >= 15 is 0 Å². The molecule has 20 heavy (non-hydrogen) atoms. The van der Waals surface area contributed by atoms with E-state index in [1.54, 1.807) is 0 Å². The molecule has 1 amide bonds. The van der Waals surface area contributed by atoms with Crippen molar-refractivity contribution >= 4 is 23.1 Å². The van der Waals surface area contributed by atoms with E-state index in [1.807, 2.05) is 37.3 Å². The lowest BCUT2D eigenvalue weighted by atomic mass is 9.96. The van der Waals surface area contributed by atoms with Crippen LogP contribution in [0.3, 0.4) is 0 Å². The van der Waals surface area contributed by atoms with Crippen LogP contribution in [0.25, 0.3) is 0 Å². The maximum atomic E-state index is 12.3. The van der Waals surface area contributed by atoms with Crippen LogP contribution in [0.1, 0.15) is 32.8 Å². The van der Waals surface area contributed by atoms with Crippen molar-refractivity contribution in [2.24, 2.45) is 17.6 Å². The summed E-state index contributed by atoms with van der Waals surface area (Å²) in [6, 6.07) is 9.94. The third-order valence-corrected chi connectivity index (χ3v) is 4.09. The van der Waals surface area contributed by atoms with Crippen molar-refractivity contribution in [3.63, 3.8) is 0 Å². The topological polar surface area (TPSA) is 55.1 Å². The molecule has 0 radical (unpaired) electrons. The fourth-order valence-electron chi connectivity index (χ4n) is 1.99. The molecule has 0 bridgehead atoms. The number of nitrogens with two attached hydrogens (primary N) is 1. The number of hydrogen-bond acceptors (Lipinski definition) is 2. The standard InChI is InChI=1S/C16H24N2OS/c1-4-11(2)12(3)18-16(19)14(15(17)20)10-13-8-6-5-7-9-13/h5-9,11-12,14H,4,10H2,1-3H3,(H2,17,20)(H,18,19). The Morgan fingerprint density at radius 1 is 1.30 bits per heavy atom. The molecule has 0 saturated carbocycles. The summed E-state index contributed by atoms with van der Waals surface area (Å²) in [5.74, 6) is -0.0873. The molecule has 1 rings (SSSR count). The molecule has 3 unspecified atom stereocenters. The molecular weight excluding hydrogens is 268 g/mol. The Balaban J connectivity index is 2.71. The Bertz CT molecular complexity index is 447. The molecule has 0 spiro atoms. The first-order valence-electron chi connectivity index (χ1n) is 7.09. The van der Waals surface area contributed by atoms with Gasteiger partial charge in [0.05, 0.1) is 10.9 Å². The molecule has 3 atom stereocenters. The first-order chi connectivity index (χ1) is 9.45. The summed E-state index contributed by atoms with van der Waals surface area (Å²) in [7, 11) is 0. The molecule has 0 aliphatic carbocycles. The zero-order valence-corrected chi connectivity index (χ0v) is 13.2. The molecule has 0 aliphatic heterocycles. The van der Waals surface area contributed by atoms with Crippen molar-refractivity contribution in [1.82, 2.24) is 5.32 Å². The second-order valence-electron chi connectivity index (χ2n) is 5.33. The second kappa shape index (κ2) is 8.00. The largest absolute Gasteiger partial charge is 0.393 e. The van der Waals surface area contributed by atoms with E-state index < -0.39 is 5.92 Å². The van der Waals surface area contributed by atoms with Crippen molar-refractivity contribution < 1.29 is 4.79 Å². The number of carbonyl (C=O) groups excluding carboxylic acids is 1. The molecule has 0 saturated heterocycles. The van der Waals surface area contributed by atoms with Gasteiger partial charge in [0.1, 0.15) is 0 Å². The number of rotatable bonds is 7. The Kier molecular flexibility index (Phi) is 6.65. The summed E-state index contributed by atoms with van der Waals surface area (Å²) in [4.78, 5) is 12.6. The van der Waals surface area contributed by atoms with E-state index in [1.165, 1.54) is 0 Å². The number of thiocarbonyl (C=S) groups is 1. The van der Waals surface area contributed by atoms with Crippen molar-refractivity contribution in [2.45, 2.75) is 39.7 Å². The van der Waals surface area contributed by atoms with Crippen LogP contribution in [-0.4, -0.2) is 16.9 Å². The molecule has 1 aromatic rings. The molecule has 110 valence electrons. The highest BCUT2D eigenvalue weighted by molar-refractivity contribution is 7.80. The fraction of sp³-hybridized carbons (Fsp3) is 0.500. The summed E-state index contributed by atoms with van der Waals surface area (Å²) in [6.45, 7) is 6.26. The maximum absolute atomic E-state index is 12.3. The molecule has 4 heteroatoms. The van der Waals surface area contributed by atoms with Crippen LogP contribution in [0.5, 0.6) is 0 Å². The van der Waals surface area contributed by atoms with Gasteiger partial charge >= 0.3 is 0 Å².